The molecular weight excluding hydrogens is 328 g/mol. The van der Waals surface area contributed by atoms with Gasteiger partial charge in [-0.3, -0.25) is 20.4 Å². The van der Waals surface area contributed by atoms with Crippen LogP contribution in [0.25, 0.3) is 0 Å². The summed E-state index contributed by atoms with van der Waals surface area (Å²) >= 11 is 1.34. The summed E-state index contributed by atoms with van der Waals surface area (Å²) in [5, 5.41) is 9.57. The molecule has 2 aromatic carbocycles. The van der Waals surface area contributed by atoms with Crippen molar-refractivity contribution in [1.29, 1.82) is 0 Å². The number of hydrogen-bond acceptors (Lipinski definition) is 5. The molecule has 0 fully saturated rings. The van der Waals surface area contributed by atoms with Crippen molar-refractivity contribution in [2.75, 3.05) is 12.4 Å². The Morgan fingerprint density at radius 2 is 1.79 bits per heavy atom. The maximum absolute atomic E-state index is 11.8. The van der Waals surface area contributed by atoms with Crippen LogP contribution in [-0.2, 0) is 4.79 Å². The summed E-state index contributed by atoms with van der Waals surface area (Å²) < 4.78 is 5.35. The number of hydrogen-bond donors (Lipinski definition) is 3. The van der Waals surface area contributed by atoms with Crippen LogP contribution >= 0.6 is 11.8 Å². The number of aromatic hydroxyl groups is 1. The van der Waals surface area contributed by atoms with E-state index in [2.05, 4.69) is 10.9 Å². The molecule has 2 rings (SSSR count). The second-order valence-electron chi connectivity index (χ2n) is 4.71. The molecule has 0 atom stereocenters. The number of para-hydroxylation sites is 1. The van der Waals surface area contributed by atoms with Gasteiger partial charge in [0.1, 0.15) is 11.5 Å². The third kappa shape index (κ3) is 5.20. The predicted octanol–water partition coefficient (Wildman–Crippen LogP) is 2.34. The Morgan fingerprint density at radius 1 is 1.08 bits per heavy atom. The van der Waals surface area contributed by atoms with Gasteiger partial charge in [0.25, 0.3) is 5.91 Å². The first-order valence-electron chi connectivity index (χ1n) is 7.33. The molecule has 0 heterocycles. The number of nitrogens with one attached hydrogen (secondary N) is 2. The summed E-state index contributed by atoms with van der Waals surface area (Å²) in [5.41, 5.74) is 4.68. The highest BCUT2D eigenvalue weighted by Crippen LogP contribution is 2.21. The molecule has 0 aliphatic heterocycles. The van der Waals surface area contributed by atoms with Crippen LogP contribution in [0.4, 0.5) is 0 Å². The summed E-state index contributed by atoms with van der Waals surface area (Å²) in [7, 11) is 0. The molecule has 0 saturated heterocycles. The van der Waals surface area contributed by atoms with E-state index in [0.717, 1.165) is 10.6 Å². The zero-order chi connectivity index (χ0) is 17.4. The second kappa shape index (κ2) is 8.83. The normalized spacial score (nSPS) is 10.0. The number of benzene rings is 2. The van der Waals surface area contributed by atoms with E-state index >= 15 is 0 Å². The van der Waals surface area contributed by atoms with E-state index in [0.29, 0.717) is 6.61 Å². The number of thioether (sulfide) groups is 1. The first kappa shape index (κ1) is 17.7. The van der Waals surface area contributed by atoms with E-state index in [1.807, 2.05) is 31.2 Å². The number of carbonyl (C=O) groups is 2. The van der Waals surface area contributed by atoms with Crippen LogP contribution in [-0.4, -0.2) is 29.3 Å². The van der Waals surface area contributed by atoms with Gasteiger partial charge in [0, 0.05) is 4.90 Å². The zero-order valence-corrected chi connectivity index (χ0v) is 13.9. The van der Waals surface area contributed by atoms with Gasteiger partial charge in [0.15, 0.2) is 0 Å². The maximum Gasteiger partial charge on any atom is 0.273 e. The predicted molar refractivity (Wildman–Crippen MR) is 92.1 cm³/mol. The fraction of sp³-hybridized carbons (Fsp3) is 0.176. The Labute approximate surface area is 144 Å². The molecule has 2 amide bonds. The molecule has 24 heavy (non-hydrogen) atoms. The maximum atomic E-state index is 11.8. The summed E-state index contributed by atoms with van der Waals surface area (Å²) in [5.74, 6) is -0.144. The van der Waals surface area contributed by atoms with Crippen molar-refractivity contribution in [3.8, 4) is 11.5 Å². The number of hydrazine groups is 1. The van der Waals surface area contributed by atoms with Gasteiger partial charge >= 0.3 is 0 Å². The number of ether oxygens (including phenoxy) is 1. The number of carbonyl (C=O) groups excluding carboxylic acids is 2. The largest absolute Gasteiger partial charge is 0.507 e. The lowest BCUT2D eigenvalue weighted by molar-refractivity contribution is -0.119. The van der Waals surface area contributed by atoms with Crippen molar-refractivity contribution < 1.29 is 19.4 Å². The molecular formula is C17H18N2O4S. The average molecular weight is 346 g/mol. The van der Waals surface area contributed by atoms with Crippen LogP contribution in [0.1, 0.15) is 17.3 Å². The summed E-state index contributed by atoms with van der Waals surface area (Å²) in [6.45, 7) is 2.52. The second-order valence-corrected chi connectivity index (χ2v) is 5.76. The highest BCUT2D eigenvalue weighted by Gasteiger charge is 2.11. The molecule has 126 valence electrons. The van der Waals surface area contributed by atoms with E-state index in [-0.39, 0.29) is 23.0 Å². The Kier molecular flexibility index (Phi) is 6.51. The molecule has 0 saturated carbocycles. The van der Waals surface area contributed by atoms with Crippen molar-refractivity contribution in [3.63, 3.8) is 0 Å². The number of phenols is 1. The lowest BCUT2D eigenvalue weighted by Gasteiger charge is -2.08. The first-order valence-corrected chi connectivity index (χ1v) is 8.31. The lowest BCUT2D eigenvalue weighted by Crippen LogP contribution is -2.42. The molecule has 2 aromatic rings. The lowest BCUT2D eigenvalue weighted by atomic mass is 10.2. The van der Waals surface area contributed by atoms with Gasteiger partial charge in [-0.2, -0.15) is 0 Å². The Bertz CT molecular complexity index is 704. The van der Waals surface area contributed by atoms with E-state index in [1.54, 1.807) is 12.1 Å². The monoisotopic (exact) mass is 346 g/mol. The summed E-state index contributed by atoms with van der Waals surface area (Å²) in [6, 6.07) is 13.5. The van der Waals surface area contributed by atoms with E-state index in [4.69, 9.17) is 4.74 Å². The minimum absolute atomic E-state index is 0.0944. The SMILES string of the molecule is CCOc1ccc(SCC(=O)NNC(=O)c2ccccc2O)cc1. The number of amides is 2. The van der Waals surface area contributed by atoms with E-state index in [1.165, 1.54) is 23.9 Å². The third-order valence-corrected chi connectivity index (χ3v) is 3.98. The molecule has 0 bridgehead atoms. The van der Waals surface area contributed by atoms with Crippen molar-refractivity contribution in [2.45, 2.75) is 11.8 Å². The fourth-order valence-corrected chi connectivity index (χ4v) is 2.54. The van der Waals surface area contributed by atoms with Crippen molar-refractivity contribution in [2.24, 2.45) is 0 Å². The topological polar surface area (TPSA) is 87.7 Å². The van der Waals surface area contributed by atoms with E-state index < -0.39 is 5.91 Å². The van der Waals surface area contributed by atoms with Gasteiger partial charge in [-0.25, -0.2) is 0 Å². The average Bonchev–Trinajstić information content (AvgIpc) is 2.60. The quantitative estimate of drug-likeness (QED) is 0.552. The summed E-state index contributed by atoms with van der Waals surface area (Å²) in [6.07, 6.45) is 0. The first-order chi connectivity index (χ1) is 11.6. The molecule has 6 nitrogen and oxygen atoms in total. The Hall–Kier alpha value is -2.67. The molecule has 3 N–H and O–H groups in total. The third-order valence-electron chi connectivity index (χ3n) is 2.97. The van der Waals surface area contributed by atoms with Crippen molar-refractivity contribution >= 4 is 23.6 Å². The molecule has 0 spiro atoms. The Balaban J connectivity index is 1.77. The van der Waals surface area contributed by atoms with Crippen LogP contribution in [0.3, 0.4) is 0 Å². The van der Waals surface area contributed by atoms with Crippen LogP contribution in [0.2, 0.25) is 0 Å². The Morgan fingerprint density at radius 3 is 2.46 bits per heavy atom. The number of rotatable bonds is 6. The van der Waals surface area contributed by atoms with Crippen LogP contribution in [0.5, 0.6) is 11.5 Å². The molecule has 0 radical (unpaired) electrons. The van der Waals surface area contributed by atoms with Gasteiger partial charge < -0.3 is 9.84 Å². The van der Waals surface area contributed by atoms with Crippen molar-refractivity contribution in [3.05, 3.63) is 54.1 Å². The zero-order valence-electron chi connectivity index (χ0n) is 13.1. The molecule has 0 unspecified atom stereocenters. The van der Waals surface area contributed by atoms with E-state index in [9.17, 15) is 14.7 Å². The minimum atomic E-state index is -0.576. The van der Waals surface area contributed by atoms with Crippen LogP contribution < -0.4 is 15.6 Å². The minimum Gasteiger partial charge on any atom is -0.507 e. The van der Waals surface area contributed by atoms with Gasteiger partial charge in [0.05, 0.1) is 17.9 Å². The van der Waals surface area contributed by atoms with Gasteiger partial charge in [-0.05, 0) is 43.3 Å². The highest BCUT2D eigenvalue weighted by molar-refractivity contribution is 8.00. The smallest absolute Gasteiger partial charge is 0.273 e. The van der Waals surface area contributed by atoms with Gasteiger partial charge in [-0.15, -0.1) is 11.8 Å². The molecule has 7 heteroatoms. The van der Waals surface area contributed by atoms with Gasteiger partial charge in [-0.1, -0.05) is 12.1 Å². The van der Waals surface area contributed by atoms with Crippen molar-refractivity contribution in [1.82, 2.24) is 10.9 Å². The molecule has 0 aromatic heterocycles. The van der Waals surface area contributed by atoms with Crippen LogP contribution in [0.15, 0.2) is 53.4 Å². The summed E-state index contributed by atoms with van der Waals surface area (Å²) in [4.78, 5) is 24.5. The molecule has 0 aliphatic carbocycles. The van der Waals surface area contributed by atoms with Gasteiger partial charge in [0.2, 0.25) is 5.91 Å². The molecule has 0 aliphatic rings. The fourth-order valence-electron chi connectivity index (χ4n) is 1.84. The van der Waals surface area contributed by atoms with Crippen LogP contribution in [0, 0.1) is 0 Å². The standard InChI is InChI=1S/C17H18N2O4S/c1-2-23-12-7-9-13(10-8-12)24-11-16(21)18-19-17(22)14-5-3-4-6-15(14)20/h3-10,20H,2,11H2,1H3,(H,18,21)(H,19,22). The number of phenolic OH excluding ortho intramolecular Hbond substituents is 1. The highest BCUT2D eigenvalue weighted by atomic mass is 32.2.